The first-order valence-electron chi connectivity index (χ1n) is 7.14. The Labute approximate surface area is 122 Å². The van der Waals surface area contributed by atoms with Gasteiger partial charge in [-0.15, -0.1) is 0 Å². The van der Waals surface area contributed by atoms with Crippen molar-refractivity contribution in [2.45, 2.75) is 19.4 Å². The van der Waals surface area contributed by atoms with Crippen molar-refractivity contribution < 1.29 is 9.26 Å². The molecule has 3 heterocycles. The minimum Gasteiger partial charge on any atom is -0.383 e. The predicted octanol–water partition coefficient (Wildman–Crippen LogP) is 0.836. The quantitative estimate of drug-likeness (QED) is 0.891. The Kier molecular flexibility index (Phi) is 3.89. The van der Waals surface area contributed by atoms with Crippen LogP contribution in [-0.4, -0.2) is 51.1 Å². The summed E-state index contributed by atoms with van der Waals surface area (Å²) in [7, 11) is 1.77. The molecule has 1 fully saturated rings. The van der Waals surface area contributed by atoms with Gasteiger partial charge in [0.15, 0.2) is 0 Å². The SMILES string of the molecule is CCCN1CCOC(c2noc(-c3cnn(C)c3N)n2)C1. The van der Waals surface area contributed by atoms with E-state index >= 15 is 0 Å². The Bertz CT molecular complexity index is 606. The second-order valence-electron chi connectivity index (χ2n) is 5.18. The van der Waals surface area contributed by atoms with E-state index in [-0.39, 0.29) is 6.10 Å². The zero-order chi connectivity index (χ0) is 14.8. The van der Waals surface area contributed by atoms with Crippen molar-refractivity contribution in [3.8, 4) is 11.5 Å². The van der Waals surface area contributed by atoms with E-state index < -0.39 is 0 Å². The van der Waals surface area contributed by atoms with Crippen LogP contribution in [0.4, 0.5) is 5.82 Å². The van der Waals surface area contributed by atoms with Crippen LogP contribution in [0, 0.1) is 0 Å². The van der Waals surface area contributed by atoms with Gasteiger partial charge >= 0.3 is 0 Å². The first kappa shape index (κ1) is 14.0. The van der Waals surface area contributed by atoms with E-state index in [1.165, 1.54) is 0 Å². The van der Waals surface area contributed by atoms with Gasteiger partial charge in [-0.3, -0.25) is 9.58 Å². The number of hydrogen-bond donors (Lipinski definition) is 1. The predicted molar refractivity (Wildman–Crippen MR) is 76.3 cm³/mol. The molecule has 0 saturated carbocycles. The molecule has 0 aromatic carbocycles. The van der Waals surface area contributed by atoms with E-state index in [1.54, 1.807) is 17.9 Å². The highest BCUT2D eigenvalue weighted by molar-refractivity contribution is 5.66. The third-order valence-corrected chi connectivity index (χ3v) is 3.64. The lowest BCUT2D eigenvalue weighted by Gasteiger charge is -2.30. The monoisotopic (exact) mass is 292 g/mol. The lowest BCUT2D eigenvalue weighted by atomic mass is 10.2. The number of aryl methyl sites for hydroxylation is 1. The highest BCUT2D eigenvalue weighted by atomic mass is 16.5. The van der Waals surface area contributed by atoms with Crippen molar-refractivity contribution >= 4 is 5.82 Å². The van der Waals surface area contributed by atoms with Crippen molar-refractivity contribution in [2.75, 3.05) is 32.0 Å². The zero-order valence-corrected chi connectivity index (χ0v) is 12.3. The maximum Gasteiger partial charge on any atom is 0.263 e. The normalized spacial score (nSPS) is 20.0. The second kappa shape index (κ2) is 5.82. The number of anilines is 1. The van der Waals surface area contributed by atoms with Gasteiger partial charge in [0.1, 0.15) is 17.5 Å². The Morgan fingerprint density at radius 2 is 2.33 bits per heavy atom. The van der Waals surface area contributed by atoms with Crippen molar-refractivity contribution in [1.29, 1.82) is 0 Å². The summed E-state index contributed by atoms with van der Waals surface area (Å²) in [6, 6.07) is 0. The lowest BCUT2D eigenvalue weighted by molar-refractivity contribution is -0.0350. The second-order valence-corrected chi connectivity index (χ2v) is 5.18. The molecule has 21 heavy (non-hydrogen) atoms. The summed E-state index contributed by atoms with van der Waals surface area (Å²) in [5.74, 6) is 1.45. The van der Waals surface area contributed by atoms with Crippen LogP contribution in [0.2, 0.25) is 0 Å². The standard InChI is InChI=1S/C13H20N6O2/c1-3-4-19-5-6-20-10(8-19)12-16-13(21-17-12)9-7-15-18(2)11(9)14/h7,10H,3-6,8,14H2,1-2H3. The minimum atomic E-state index is -0.152. The topological polar surface area (TPSA) is 95.2 Å². The van der Waals surface area contributed by atoms with Gasteiger partial charge < -0.3 is 15.0 Å². The minimum absolute atomic E-state index is 0.152. The van der Waals surface area contributed by atoms with Crippen molar-refractivity contribution in [2.24, 2.45) is 7.05 Å². The summed E-state index contributed by atoms with van der Waals surface area (Å²) in [4.78, 5) is 6.76. The van der Waals surface area contributed by atoms with Gasteiger partial charge in [0.2, 0.25) is 5.82 Å². The largest absolute Gasteiger partial charge is 0.383 e. The fraction of sp³-hybridized carbons (Fsp3) is 0.615. The van der Waals surface area contributed by atoms with E-state index in [9.17, 15) is 0 Å². The zero-order valence-electron chi connectivity index (χ0n) is 12.3. The number of nitrogens with two attached hydrogens (primary N) is 1. The average Bonchev–Trinajstić information content (AvgIpc) is 3.08. The Morgan fingerprint density at radius 3 is 3.05 bits per heavy atom. The molecule has 1 aliphatic heterocycles. The number of rotatable bonds is 4. The molecule has 3 rings (SSSR count). The van der Waals surface area contributed by atoms with E-state index in [0.717, 1.165) is 26.1 Å². The molecule has 2 aromatic heterocycles. The summed E-state index contributed by atoms with van der Waals surface area (Å²) in [6.07, 6.45) is 2.59. The number of nitrogens with zero attached hydrogens (tertiary/aromatic N) is 5. The number of ether oxygens (including phenoxy) is 1. The molecule has 0 spiro atoms. The smallest absolute Gasteiger partial charge is 0.263 e. The summed E-state index contributed by atoms with van der Waals surface area (Å²) in [5, 5.41) is 8.11. The molecule has 1 saturated heterocycles. The maximum atomic E-state index is 5.92. The van der Waals surface area contributed by atoms with Crippen LogP contribution in [0.15, 0.2) is 10.7 Å². The fourth-order valence-corrected chi connectivity index (χ4v) is 2.46. The molecule has 0 amide bonds. The molecule has 8 nitrogen and oxygen atoms in total. The van der Waals surface area contributed by atoms with E-state index in [4.69, 9.17) is 15.0 Å². The number of hydrogen-bond acceptors (Lipinski definition) is 7. The Balaban J connectivity index is 1.77. The van der Waals surface area contributed by atoms with Crippen LogP contribution in [-0.2, 0) is 11.8 Å². The van der Waals surface area contributed by atoms with Gasteiger partial charge in [0.05, 0.1) is 12.8 Å². The molecular weight excluding hydrogens is 272 g/mol. The van der Waals surface area contributed by atoms with E-state index in [0.29, 0.717) is 29.7 Å². The van der Waals surface area contributed by atoms with Crippen LogP contribution in [0.3, 0.4) is 0 Å². The molecule has 0 bridgehead atoms. The first-order valence-corrected chi connectivity index (χ1v) is 7.14. The summed E-state index contributed by atoms with van der Waals surface area (Å²) in [5.41, 5.74) is 6.57. The Hall–Kier alpha value is -1.93. The first-order chi connectivity index (χ1) is 10.2. The van der Waals surface area contributed by atoms with Crippen LogP contribution in [0.25, 0.3) is 11.5 Å². The molecule has 1 atom stereocenters. The molecule has 114 valence electrons. The molecular formula is C13H20N6O2. The van der Waals surface area contributed by atoms with Crippen molar-refractivity contribution in [1.82, 2.24) is 24.8 Å². The molecule has 2 N–H and O–H groups in total. The van der Waals surface area contributed by atoms with Crippen molar-refractivity contribution in [3.05, 3.63) is 12.0 Å². The third kappa shape index (κ3) is 2.77. The van der Waals surface area contributed by atoms with Crippen LogP contribution in [0.5, 0.6) is 0 Å². The van der Waals surface area contributed by atoms with Gasteiger partial charge in [-0.05, 0) is 13.0 Å². The maximum absolute atomic E-state index is 5.92. The van der Waals surface area contributed by atoms with Crippen molar-refractivity contribution in [3.63, 3.8) is 0 Å². The van der Waals surface area contributed by atoms with E-state index in [2.05, 4.69) is 27.1 Å². The average molecular weight is 292 g/mol. The van der Waals surface area contributed by atoms with Gasteiger partial charge in [-0.1, -0.05) is 12.1 Å². The molecule has 0 aliphatic carbocycles. The van der Waals surface area contributed by atoms with Crippen LogP contribution < -0.4 is 5.73 Å². The highest BCUT2D eigenvalue weighted by Gasteiger charge is 2.26. The van der Waals surface area contributed by atoms with Crippen LogP contribution in [0.1, 0.15) is 25.3 Å². The number of morpholine rings is 1. The lowest BCUT2D eigenvalue weighted by Crippen LogP contribution is -2.39. The van der Waals surface area contributed by atoms with Gasteiger partial charge in [-0.25, -0.2) is 0 Å². The number of nitrogen functional groups attached to an aromatic ring is 1. The summed E-state index contributed by atoms with van der Waals surface area (Å²) >= 11 is 0. The van der Waals surface area contributed by atoms with E-state index in [1.807, 2.05) is 0 Å². The third-order valence-electron chi connectivity index (χ3n) is 3.64. The molecule has 1 aliphatic rings. The van der Waals surface area contributed by atoms with Gasteiger partial charge in [0, 0.05) is 20.1 Å². The highest BCUT2D eigenvalue weighted by Crippen LogP contribution is 2.26. The Morgan fingerprint density at radius 1 is 1.48 bits per heavy atom. The number of aromatic nitrogens is 4. The molecule has 1 unspecified atom stereocenters. The summed E-state index contributed by atoms with van der Waals surface area (Å²) in [6.45, 7) is 5.64. The molecule has 0 radical (unpaired) electrons. The summed E-state index contributed by atoms with van der Waals surface area (Å²) < 4.78 is 12.6. The molecule has 2 aromatic rings. The van der Waals surface area contributed by atoms with Crippen LogP contribution >= 0.6 is 0 Å². The fourth-order valence-electron chi connectivity index (χ4n) is 2.46. The molecule has 8 heteroatoms. The van der Waals surface area contributed by atoms with Gasteiger partial charge in [-0.2, -0.15) is 10.1 Å². The van der Waals surface area contributed by atoms with Gasteiger partial charge in [0.25, 0.3) is 5.89 Å².